The van der Waals surface area contributed by atoms with Gasteiger partial charge in [0.05, 0.1) is 13.2 Å². The number of likely N-dealkylation sites (tertiary alicyclic amines) is 1. The molecule has 6 rings (SSSR count). The standard InChI is InChI=1S/C20H25N3O.C14H17NO4/c1-14-9-18(24-2)17(16-3-6-22-19(14)16)13-23-7-4-20(5-8-23)10-15(11-20)12-21;16-13(11-4-2-1-3-5-11)15-12(14(17)18)10-6-8-19-9-7-10/h3,6,9,15,22H,4-5,7-8,10-11,13H2,1-2H3;1-5,10,12H,6-9H2,(H,15,16)(H,17,18). The van der Waals surface area contributed by atoms with E-state index in [2.05, 4.69) is 40.3 Å². The summed E-state index contributed by atoms with van der Waals surface area (Å²) in [5, 5.41) is 22.2. The lowest BCUT2D eigenvalue weighted by atomic mass is 9.58. The highest BCUT2D eigenvalue weighted by molar-refractivity contribution is 5.96. The molecule has 1 saturated carbocycles. The number of nitriles is 1. The van der Waals surface area contributed by atoms with E-state index in [1.165, 1.54) is 34.9 Å². The maximum absolute atomic E-state index is 12.0. The number of aromatic nitrogens is 1. The monoisotopic (exact) mass is 586 g/mol. The van der Waals surface area contributed by atoms with Crippen molar-refractivity contribution in [1.82, 2.24) is 15.2 Å². The number of benzene rings is 2. The van der Waals surface area contributed by atoms with Crippen LogP contribution >= 0.6 is 0 Å². The molecular weight excluding hydrogens is 544 g/mol. The third-order valence-electron chi connectivity index (χ3n) is 9.50. The van der Waals surface area contributed by atoms with Crippen molar-refractivity contribution in [2.75, 3.05) is 33.4 Å². The molecule has 3 heterocycles. The minimum Gasteiger partial charge on any atom is -0.496 e. The largest absolute Gasteiger partial charge is 0.496 e. The fourth-order valence-corrected chi connectivity index (χ4v) is 6.92. The molecular formula is C34H42N4O5. The van der Waals surface area contributed by atoms with Gasteiger partial charge in [0.1, 0.15) is 11.8 Å². The fourth-order valence-electron chi connectivity index (χ4n) is 6.92. The number of ether oxygens (including phenoxy) is 2. The molecule has 1 aliphatic carbocycles. The van der Waals surface area contributed by atoms with Crippen molar-refractivity contribution in [2.45, 2.75) is 58.0 Å². The third kappa shape index (κ3) is 7.03. The lowest BCUT2D eigenvalue weighted by molar-refractivity contribution is -0.141. The third-order valence-corrected chi connectivity index (χ3v) is 9.50. The Morgan fingerprint density at radius 2 is 1.88 bits per heavy atom. The summed E-state index contributed by atoms with van der Waals surface area (Å²) in [6.45, 7) is 6.42. The molecule has 3 fully saturated rings. The number of H-pyrrole nitrogens is 1. The Bertz CT molecular complexity index is 1440. The summed E-state index contributed by atoms with van der Waals surface area (Å²) >= 11 is 0. The average molecular weight is 587 g/mol. The number of carbonyl (C=O) groups is 2. The van der Waals surface area contributed by atoms with Crippen molar-refractivity contribution in [3.63, 3.8) is 0 Å². The van der Waals surface area contributed by atoms with Gasteiger partial charge in [-0.25, -0.2) is 4.79 Å². The van der Waals surface area contributed by atoms with E-state index in [9.17, 15) is 14.7 Å². The first kappa shape index (κ1) is 30.6. The van der Waals surface area contributed by atoms with Gasteiger partial charge in [-0.2, -0.15) is 5.26 Å². The summed E-state index contributed by atoms with van der Waals surface area (Å²) in [5.74, 6) is -0.101. The molecule has 0 radical (unpaired) electrons. The van der Waals surface area contributed by atoms with Crippen molar-refractivity contribution in [1.29, 1.82) is 5.26 Å². The van der Waals surface area contributed by atoms with E-state index in [0.29, 0.717) is 43.0 Å². The van der Waals surface area contributed by atoms with Crippen LogP contribution in [0.4, 0.5) is 0 Å². The van der Waals surface area contributed by atoms with E-state index in [1.54, 1.807) is 31.4 Å². The molecule has 228 valence electrons. The second kappa shape index (κ2) is 13.6. The topological polar surface area (TPSA) is 128 Å². The van der Waals surface area contributed by atoms with Gasteiger partial charge in [-0.15, -0.1) is 0 Å². The SMILES string of the molecule is COc1cc(C)c2[nH]ccc2c1CN1CCC2(CC1)CC(C#N)C2.O=C(NC(C(=O)O)C1CCOCC1)c1ccccc1. The maximum Gasteiger partial charge on any atom is 0.326 e. The van der Waals surface area contributed by atoms with Crippen LogP contribution in [0.3, 0.4) is 0 Å². The Labute approximate surface area is 253 Å². The Morgan fingerprint density at radius 3 is 2.51 bits per heavy atom. The highest BCUT2D eigenvalue weighted by Crippen LogP contribution is 2.52. The van der Waals surface area contributed by atoms with Crippen molar-refractivity contribution in [2.24, 2.45) is 17.3 Å². The molecule has 1 spiro atoms. The van der Waals surface area contributed by atoms with Crippen molar-refractivity contribution in [3.05, 3.63) is 65.4 Å². The molecule has 3 aliphatic rings. The number of nitrogens with zero attached hydrogens (tertiary/aromatic N) is 2. The molecule has 2 aliphatic heterocycles. The first-order valence-corrected chi connectivity index (χ1v) is 15.2. The second-order valence-electron chi connectivity index (χ2n) is 12.3. The Kier molecular flexibility index (Phi) is 9.69. The molecule has 9 nitrogen and oxygen atoms in total. The van der Waals surface area contributed by atoms with Crippen LogP contribution in [0.15, 0.2) is 48.7 Å². The highest BCUT2D eigenvalue weighted by Gasteiger charge is 2.45. The van der Waals surface area contributed by atoms with Gasteiger partial charge in [0.15, 0.2) is 0 Å². The number of carboxylic acids is 1. The van der Waals surface area contributed by atoms with Crippen LogP contribution in [-0.4, -0.2) is 66.3 Å². The van der Waals surface area contributed by atoms with Crippen LogP contribution in [0, 0.1) is 35.5 Å². The van der Waals surface area contributed by atoms with E-state index < -0.39 is 12.0 Å². The zero-order valence-corrected chi connectivity index (χ0v) is 25.1. The summed E-state index contributed by atoms with van der Waals surface area (Å²) < 4.78 is 10.9. The first-order valence-electron chi connectivity index (χ1n) is 15.2. The summed E-state index contributed by atoms with van der Waals surface area (Å²) in [4.78, 5) is 29.2. The summed E-state index contributed by atoms with van der Waals surface area (Å²) in [5.41, 5.74) is 4.68. The number of nitrogens with one attached hydrogen (secondary N) is 2. The van der Waals surface area contributed by atoms with Crippen molar-refractivity contribution in [3.8, 4) is 11.8 Å². The highest BCUT2D eigenvalue weighted by atomic mass is 16.5. The number of carboxylic acid groups (broad SMARTS) is 1. The van der Waals surface area contributed by atoms with Crippen LogP contribution < -0.4 is 10.1 Å². The van der Waals surface area contributed by atoms with E-state index in [0.717, 1.165) is 38.2 Å². The molecule has 2 aromatic carbocycles. The van der Waals surface area contributed by atoms with Gasteiger partial charge in [-0.1, -0.05) is 18.2 Å². The number of piperidine rings is 1. The zero-order valence-electron chi connectivity index (χ0n) is 25.1. The number of carbonyl (C=O) groups excluding carboxylic acids is 1. The Balaban J connectivity index is 0.000000177. The quantitative estimate of drug-likeness (QED) is 0.343. The molecule has 1 atom stereocenters. The molecule has 1 amide bonds. The number of amides is 1. The normalized spacial score (nSPS) is 19.5. The van der Waals surface area contributed by atoms with E-state index in [4.69, 9.17) is 14.7 Å². The molecule has 3 N–H and O–H groups in total. The number of aryl methyl sites for hydroxylation is 1. The molecule has 9 heteroatoms. The summed E-state index contributed by atoms with van der Waals surface area (Å²) in [6, 6.07) is 14.5. The smallest absolute Gasteiger partial charge is 0.326 e. The Hall–Kier alpha value is -3.87. The molecule has 3 aromatic rings. The number of aliphatic carboxylic acids is 1. The maximum atomic E-state index is 12.0. The van der Waals surface area contributed by atoms with Gasteiger partial charge in [-0.05, 0) is 99.7 Å². The van der Waals surface area contributed by atoms with Crippen molar-refractivity contribution >= 4 is 22.8 Å². The summed E-state index contributed by atoms with van der Waals surface area (Å²) in [7, 11) is 1.76. The van der Waals surface area contributed by atoms with Gasteiger partial charge < -0.3 is 24.9 Å². The van der Waals surface area contributed by atoms with Crippen LogP contribution in [0.2, 0.25) is 0 Å². The minimum absolute atomic E-state index is 0.0705. The first-order chi connectivity index (χ1) is 20.8. The Morgan fingerprint density at radius 1 is 1.19 bits per heavy atom. The van der Waals surface area contributed by atoms with Gasteiger partial charge in [0.2, 0.25) is 0 Å². The van der Waals surface area contributed by atoms with E-state index in [-0.39, 0.29) is 11.8 Å². The van der Waals surface area contributed by atoms with Crippen LogP contribution in [0.1, 0.15) is 60.0 Å². The van der Waals surface area contributed by atoms with E-state index in [1.807, 2.05) is 12.3 Å². The van der Waals surface area contributed by atoms with Crippen molar-refractivity contribution < 1.29 is 24.2 Å². The van der Waals surface area contributed by atoms with Crippen LogP contribution in [0.25, 0.3) is 10.9 Å². The van der Waals surface area contributed by atoms with Gasteiger partial charge in [-0.3, -0.25) is 9.69 Å². The second-order valence-corrected chi connectivity index (χ2v) is 12.3. The zero-order chi connectivity index (χ0) is 30.4. The van der Waals surface area contributed by atoms with Gasteiger partial charge in [0, 0.05) is 53.9 Å². The van der Waals surface area contributed by atoms with Gasteiger partial charge in [0.25, 0.3) is 5.91 Å². The molecule has 0 bridgehead atoms. The lowest BCUT2D eigenvalue weighted by Gasteiger charge is -2.50. The molecule has 43 heavy (non-hydrogen) atoms. The minimum atomic E-state index is -0.990. The molecule has 1 unspecified atom stereocenters. The fraction of sp³-hybridized carbons (Fsp3) is 0.500. The average Bonchev–Trinajstić information content (AvgIpc) is 3.52. The van der Waals surface area contributed by atoms with Crippen LogP contribution in [-0.2, 0) is 16.1 Å². The predicted molar refractivity (Wildman–Crippen MR) is 164 cm³/mol. The molecule has 2 saturated heterocycles. The number of rotatable bonds is 7. The number of hydrogen-bond acceptors (Lipinski definition) is 6. The molecule has 1 aromatic heterocycles. The lowest BCUT2D eigenvalue weighted by Crippen LogP contribution is -2.47. The number of hydrogen-bond donors (Lipinski definition) is 3. The van der Waals surface area contributed by atoms with Gasteiger partial charge >= 0.3 is 5.97 Å². The number of fused-ring (bicyclic) bond motifs is 1. The number of methoxy groups -OCH3 is 1. The predicted octanol–water partition coefficient (Wildman–Crippen LogP) is 5.30. The summed E-state index contributed by atoms with van der Waals surface area (Å²) in [6.07, 6.45) is 8.03. The van der Waals surface area contributed by atoms with E-state index >= 15 is 0 Å². The number of aromatic amines is 1. The van der Waals surface area contributed by atoms with Crippen LogP contribution in [0.5, 0.6) is 5.75 Å².